The Bertz CT molecular complexity index is 425. The minimum atomic E-state index is 0. The fourth-order valence-electron chi connectivity index (χ4n) is 3.07. The van der Waals surface area contributed by atoms with E-state index in [1.165, 1.54) is 4.88 Å². The van der Waals surface area contributed by atoms with Crippen LogP contribution in [0.25, 0.3) is 0 Å². The highest BCUT2D eigenvalue weighted by Gasteiger charge is 2.39. The zero-order chi connectivity index (χ0) is 13.1. The summed E-state index contributed by atoms with van der Waals surface area (Å²) in [5, 5.41) is 8.50. The van der Waals surface area contributed by atoms with Crippen molar-refractivity contribution in [1.29, 1.82) is 0 Å². The van der Waals surface area contributed by atoms with Gasteiger partial charge in [-0.15, -0.1) is 23.7 Å². The van der Waals surface area contributed by atoms with Crippen LogP contribution in [-0.2, 0) is 16.1 Å². The zero-order valence-corrected chi connectivity index (χ0v) is 13.0. The van der Waals surface area contributed by atoms with Crippen LogP contribution in [0, 0.1) is 11.8 Å². The lowest BCUT2D eigenvalue weighted by Crippen LogP contribution is -2.52. The number of amides is 1. The maximum Gasteiger partial charge on any atom is 0.223 e. The van der Waals surface area contributed by atoms with E-state index in [-0.39, 0.29) is 30.3 Å². The minimum absolute atomic E-state index is 0. The summed E-state index contributed by atoms with van der Waals surface area (Å²) >= 11 is 1.68. The number of fused-ring (bicyclic) bond motifs is 1. The van der Waals surface area contributed by atoms with Gasteiger partial charge in [0.15, 0.2) is 0 Å². The van der Waals surface area contributed by atoms with Gasteiger partial charge in [-0.3, -0.25) is 4.79 Å². The van der Waals surface area contributed by atoms with Crippen molar-refractivity contribution in [3.8, 4) is 0 Å². The third-order valence-corrected chi connectivity index (χ3v) is 4.97. The fourth-order valence-corrected chi connectivity index (χ4v) is 3.72. The van der Waals surface area contributed by atoms with E-state index in [9.17, 15) is 4.79 Å². The molecule has 1 amide bonds. The number of nitrogens with one attached hydrogen (secondary N) is 2. The number of thiophene rings is 1. The summed E-state index contributed by atoms with van der Waals surface area (Å²) in [4.78, 5) is 13.6. The molecule has 2 fully saturated rings. The van der Waals surface area contributed by atoms with Gasteiger partial charge in [-0.1, -0.05) is 6.07 Å². The molecule has 2 aliphatic heterocycles. The smallest absolute Gasteiger partial charge is 0.223 e. The Kier molecular flexibility index (Phi) is 5.84. The predicted octanol–water partition coefficient (Wildman–Crippen LogP) is 1.80. The van der Waals surface area contributed by atoms with Crippen molar-refractivity contribution in [2.24, 2.45) is 11.8 Å². The van der Waals surface area contributed by atoms with Crippen LogP contribution in [0.2, 0.25) is 0 Å². The Labute approximate surface area is 129 Å². The molecule has 0 aliphatic carbocycles. The number of ether oxygens (including phenoxy) is 1. The number of carbonyl (C=O) groups is 1. The highest BCUT2D eigenvalue weighted by atomic mass is 35.5. The predicted molar refractivity (Wildman–Crippen MR) is 82.2 cm³/mol. The van der Waals surface area contributed by atoms with E-state index in [4.69, 9.17) is 4.74 Å². The average molecular weight is 317 g/mol. The zero-order valence-electron chi connectivity index (χ0n) is 11.3. The molecular weight excluding hydrogens is 296 g/mol. The third-order valence-electron chi connectivity index (χ3n) is 4.09. The highest BCUT2D eigenvalue weighted by Crippen LogP contribution is 2.30. The van der Waals surface area contributed by atoms with Gasteiger partial charge >= 0.3 is 0 Å². The monoisotopic (exact) mass is 316 g/mol. The van der Waals surface area contributed by atoms with Gasteiger partial charge in [0.25, 0.3) is 0 Å². The van der Waals surface area contributed by atoms with Crippen LogP contribution in [0.3, 0.4) is 0 Å². The quantitative estimate of drug-likeness (QED) is 0.894. The standard InChI is InChI=1S/C14H20N2O2S.ClH/c17-14(16-8-10-2-1-7-19-10)11-4-6-18-13-3-5-15-9-12(11)13;/h1-2,7,11-13,15H,3-6,8-9H2,(H,16,17);1H/t11-,12-,13-;/m1./s1. The molecule has 1 aromatic heterocycles. The van der Waals surface area contributed by atoms with E-state index in [2.05, 4.69) is 16.7 Å². The average Bonchev–Trinajstić information content (AvgIpc) is 2.97. The Hall–Kier alpha value is -0.620. The van der Waals surface area contributed by atoms with Crippen LogP contribution in [0.15, 0.2) is 17.5 Å². The number of rotatable bonds is 3. The first-order valence-electron chi connectivity index (χ1n) is 6.97. The maximum absolute atomic E-state index is 12.4. The largest absolute Gasteiger partial charge is 0.378 e. The number of hydrogen-bond acceptors (Lipinski definition) is 4. The van der Waals surface area contributed by atoms with Crippen molar-refractivity contribution in [2.75, 3.05) is 19.7 Å². The molecule has 0 unspecified atom stereocenters. The first-order chi connectivity index (χ1) is 9.34. The Morgan fingerprint density at radius 3 is 3.20 bits per heavy atom. The third kappa shape index (κ3) is 3.52. The van der Waals surface area contributed by atoms with Gasteiger partial charge in [0.1, 0.15) is 0 Å². The number of halogens is 1. The molecule has 1 aromatic rings. The van der Waals surface area contributed by atoms with Gasteiger partial charge < -0.3 is 15.4 Å². The molecule has 2 saturated heterocycles. The van der Waals surface area contributed by atoms with Gasteiger partial charge in [0.2, 0.25) is 5.91 Å². The lowest BCUT2D eigenvalue weighted by Gasteiger charge is -2.40. The second-order valence-electron chi connectivity index (χ2n) is 5.26. The van der Waals surface area contributed by atoms with E-state index in [0.717, 1.165) is 32.5 Å². The van der Waals surface area contributed by atoms with Crippen LogP contribution >= 0.6 is 23.7 Å². The molecule has 0 radical (unpaired) electrons. The summed E-state index contributed by atoms with van der Waals surface area (Å²) in [7, 11) is 0. The molecule has 6 heteroatoms. The molecule has 0 spiro atoms. The van der Waals surface area contributed by atoms with Crippen LogP contribution in [-0.4, -0.2) is 31.7 Å². The molecule has 3 heterocycles. The molecule has 20 heavy (non-hydrogen) atoms. The van der Waals surface area contributed by atoms with E-state index >= 15 is 0 Å². The van der Waals surface area contributed by atoms with Gasteiger partial charge in [0.05, 0.1) is 12.6 Å². The van der Waals surface area contributed by atoms with Gasteiger partial charge in [-0.25, -0.2) is 0 Å². The van der Waals surface area contributed by atoms with Crippen molar-refractivity contribution in [3.63, 3.8) is 0 Å². The maximum atomic E-state index is 12.4. The van der Waals surface area contributed by atoms with E-state index < -0.39 is 0 Å². The number of carbonyl (C=O) groups excluding carboxylic acids is 1. The Balaban J connectivity index is 0.00000147. The molecule has 2 aliphatic rings. The van der Waals surface area contributed by atoms with E-state index in [1.54, 1.807) is 11.3 Å². The number of piperidine rings is 1. The van der Waals surface area contributed by atoms with Crippen molar-refractivity contribution in [3.05, 3.63) is 22.4 Å². The first-order valence-corrected chi connectivity index (χ1v) is 7.85. The van der Waals surface area contributed by atoms with Crippen LogP contribution < -0.4 is 10.6 Å². The first kappa shape index (κ1) is 15.8. The Morgan fingerprint density at radius 2 is 2.40 bits per heavy atom. The van der Waals surface area contributed by atoms with Gasteiger partial charge in [-0.05, 0) is 30.8 Å². The second kappa shape index (κ2) is 7.41. The summed E-state index contributed by atoms with van der Waals surface area (Å²) in [6.45, 7) is 3.28. The summed E-state index contributed by atoms with van der Waals surface area (Å²) in [5.74, 6) is 0.632. The summed E-state index contributed by atoms with van der Waals surface area (Å²) in [6.07, 6.45) is 2.14. The van der Waals surface area contributed by atoms with Gasteiger partial charge in [0, 0.05) is 29.9 Å². The lowest BCUT2D eigenvalue weighted by atomic mass is 9.79. The van der Waals surface area contributed by atoms with Crippen LogP contribution in [0.5, 0.6) is 0 Å². The van der Waals surface area contributed by atoms with Gasteiger partial charge in [-0.2, -0.15) is 0 Å². The van der Waals surface area contributed by atoms with Crippen molar-refractivity contribution >= 4 is 29.7 Å². The molecule has 0 bridgehead atoms. The summed E-state index contributed by atoms with van der Waals surface area (Å²) in [5.41, 5.74) is 0. The van der Waals surface area contributed by atoms with Crippen molar-refractivity contribution in [2.45, 2.75) is 25.5 Å². The molecule has 0 aromatic carbocycles. The molecule has 3 rings (SSSR count). The minimum Gasteiger partial charge on any atom is -0.378 e. The van der Waals surface area contributed by atoms with E-state index in [1.807, 2.05) is 11.4 Å². The second-order valence-corrected chi connectivity index (χ2v) is 6.29. The molecule has 2 N–H and O–H groups in total. The van der Waals surface area contributed by atoms with E-state index in [0.29, 0.717) is 12.5 Å². The summed E-state index contributed by atoms with van der Waals surface area (Å²) in [6, 6.07) is 4.07. The normalized spacial score (nSPS) is 29.1. The molecule has 0 saturated carbocycles. The lowest BCUT2D eigenvalue weighted by molar-refractivity contribution is -0.137. The molecular formula is C14H21ClN2O2S. The topological polar surface area (TPSA) is 50.4 Å². The fraction of sp³-hybridized carbons (Fsp3) is 0.643. The van der Waals surface area contributed by atoms with Crippen LogP contribution in [0.4, 0.5) is 0 Å². The van der Waals surface area contributed by atoms with Crippen molar-refractivity contribution in [1.82, 2.24) is 10.6 Å². The molecule has 112 valence electrons. The van der Waals surface area contributed by atoms with Crippen LogP contribution in [0.1, 0.15) is 17.7 Å². The summed E-state index contributed by atoms with van der Waals surface area (Å²) < 4.78 is 5.79. The Morgan fingerprint density at radius 1 is 1.50 bits per heavy atom. The van der Waals surface area contributed by atoms with Crippen molar-refractivity contribution < 1.29 is 9.53 Å². The molecule has 3 atom stereocenters. The highest BCUT2D eigenvalue weighted by molar-refractivity contribution is 7.09. The SMILES string of the molecule is Cl.O=C(NCc1cccs1)[C@@H]1CCO[C@@H]2CCNC[C@@H]21. The number of hydrogen-bond donors (Lipinski definition) is 2. The molecule has 4 nitrogen and oxygen atoms in total.